The minimum atomic E-state index is 0.117. The van der Waals surface area contributed by atoms with Gasteiger partial charge in [0, 0.05) is 5.02 Å². The zero-order valence-corrected chi connectivity index (χ0v) is 9.45. The first-order valence-corrected chi connectivity index (χ1v) is 5.79. The van der Waals surface area contributed by atoms with Crippen LogP contribution in [0, 0.1) is 0 Å². The second-order valence-electron chi connectivity index (χ2n) is 4.00. The molecule has 1 aromatic carbocycles. The summed E-state index contributed by atoms with van der Waals surface area (Å²) < 4.78 is 0. The molecule has 82 valence electrons. The van der Waals surface area contributed by atoms with Gasteiger partial charge in [-0.25, -0.2) is 0 Å². The third-order valence-corrected chi connectivity index (χ3v) is 3.22. The van der Waals surface area contributed by atoms with Crippen molar-refractivity contribution in [2.45, 2.75) is 18.9 Å². The predicted molar refractivity (Wildman–Crippen MR) is 62.1 cm³/mol. The highest BCUT2D eigenvalue weighted by Crippen LogP contribution is 2.26. The number of aliphatic hydroxyl groups is 1. The van der Waals surface area contributed by atoms with Crippen molar-refractivity contribution in [2.75, 3.05) is 19.7 Å². The Morgan fingerprint density at radius 2 is 2.07 bits per heavy atom. The molecule has 1 heterocycles. The third-order valence-electron chi connectivity index (χ3n) is 2.99. The van der Waals surface area contributed by atoms with E-state index in [1.807, 2.05) is 24.3 Å². The lowest BCUT2D eigenvalue weighted by molar-refractivity contribution is 0.147. The lowest BCUT2D eigenvalue weighted by Gasteiger charge is -2.26. The molecular weight excluding hydrogens is 210 g/mol. The zero-order valence-electron chi connectivity index (χ0n) is 8.69. The van der Waals surface area contributed by atoms with Gasteiger partial charge in [-0.3, -0.25) is 4.90 Å². The van der Waals surface area contributed by atoms with Crippen LogP contribution in [0.15, 0.2) is 24.3 Å². The number of rotatable bonds is 3. The van der Waals surface area contributed by atoms with Crippen molar-refractivity contribution in [1.82, 2.24) is 4.90 Å². The molecule has 1 aliphatic rings. The summed E-state index contributed by atoms with van der Waals surface area (Å²) in [6, 6.07) is 7.90. The summed E-state index contributed by atoms with van der Waals surface area (Å²) in [6.07, 6.45) is 2.47. The van der Waals surface area contributed by atoms with E-state index in [9.17, 15) is 5.11 Å². The Balaban J connectivity index is 2.18. The SMILES string of the molecule is OC[C@@H](c1cccc(Cl)c1)N1CCCC1. The molecule has 0 saturated carbocycles. The number of likely N-dealkylation sites (tertiary alicyclic amines) is 1. The molecule has 2 rings (SSSR count). The van der Waals surface area contributed by atoms with E-state index < -0.39 is 0 Å². The fourth-order valence-electron chi connectivity index (χ4n) is 2.20. The van der Waals surface area contributed by atoms with Gasteiger partial charge in [0.2, 0.25) is 0 Å². The van der Waals surface area contributed by atoms with E-state index in [0.29, 0.717) is 0 Å². The quantitative estimate of drug-likeness (QED) is 0.855. The summed E-state index contributed by atoms with van der Waals surface area (Å²) in [5.74, 6) is 0. The zero-order chi connectivity index (χ0) is 10.7. The molecule has 0 unspecified atom stereocenters. The van der Waals surface area contributed by atoms with E-state index in [-0.39, 0.29) is 12.6 Å². The Morgan fingerprint density at radius 3 is 2.67 bits per heavy atom. The molecule has 1 saturated heterocycles. The second kappa shape index (κ2) is 4.97. The van der Waals surface area contributed by atoms with Crippen LogP contribution in [0.3, 0.4) is 0 Å². The molecule has 1 N–H and O–H groups in total. The van der Waals surface area contributed by atoms with E-state index in [1.165, 1.54) is 12.8 Å². The maximum absolute atomic E-state index is 9.45. The van der Waals surface area contributed by atoms with Crippen molar-refractivity contribution in [3.63, 3.8) is 0 Å². The van der Waals surface area contributed by atoms with E-state index in [2.05, 4.69) is 4.90 Å². The Morgan fingerprint density at radius 1 is 1.33 bits per heavy atom. The molecular formula is C12H16ClNO. The molecule has 1 fully saturated rings. The number of halogens is 1. The number of hydrogen-bond acceptors (Lipinski definition) is 2. The Bertz CT molecular complexity index is 323. The normalized spacial score (nSPS) is 19.3. The van der Waals surface area contributed by atoms with E-state index in [4.69, 9.17) is 11.6 Å². The van der Waals surface area contributed by atoms with Crippen molar-refractivity contribution in [2.24, 2.45) is 0 Å². The molecule has 0 radical (unpaired) electrons. The van der Waals surface area contributed by atoms with Crippen LogP contribution in [0.1, 0.15) is 24.4 Å². The first kappa shape index (κ1) is 10.9. The van der Waals surface area contributed by atoms with Crippen LogP contribution in [-0.2, 0) is 0 Å². The minimum Gasteiger partial charge on any atom is -0.394 e. The van der Waals surface area contributed by atoms with Gasteiger partial charge in [-0.1, -0.05) is 23.7 Å². The lowest BCUT2D eigenvalue weighted by atomic mass is 10.1. The number of aliphatic hydroxyl groups excluding tert-OH is 1. The van der Waals surface area contributed by atoms with Gasteiger partial charge < -0.3 is 5.11 Å². The van der Waals surface area contributed by atoms with Crippen LogP contribution in [0.25, 0.3) is 0 Å². The van der Waals surface area contributed by atoms with Crippen LogP contribution < -0.4 is 0 Å². The largest absolute Gasteiger partial charge is 0.394 e. The van der Waals surface area contributed by atoms with Gasteiger partial charge in [0.1, 0.15) is 0 Å². The summed E-state index contributed by atoms with van der Waals surface area (Å²) in [5, 5.41) is 10.2. The molecule has 2 nitrogen and oxygen atoms in total. The molecule has 0 spiro atoms. The highest BCUT2D eigenvalue weighted by Gasteiger charge is 2.22. The van der Waals surface area contributed by atoms with Gasteiger partial charge in [-0.05, 0) is 43.6 Å². The van der Waals surface area contributed by atoms with Gasteiger partial charge >= 0.3 is 0 Å². The summed E-state index contributed by atoms with van der Waals surface area (Å²) in [4.78, 5) is 2.33. The predicted octanol–water partition coefficient (Wildman–Crippen LogP) is 2.47. The Hall–Kier alpha value is -0.570. The average molecular weight is 226 g/mol. The van der Waals surface area contributed by atoms with Crippen LogP contribution >= 0.6 is 11.6 Å². The van der Waals surface area contributed by atoms with Gasteiger partial charge in [0.25, 0.3) is 0 Å². The van der Waals surface area contributed by atoms with E-state index in [1.54, 1.807) is 0 Å². The standard InChI is InChI=1S/C12H16ClNO/c13-11-5-3-4-10(8-11)12(9-15)14-6-1-2-7-14/h3-5,8,12,15H,1-2,6-7,9H2/t12-/m0/s1. The average Bonchev–Trinajstić information content (AvgIpc) is 2.72. The summed E-state index contributed by atoms with van der Waals surface area (Å²) >= 11 is 5.95. The number of benzene rings is 1. The maximum atomic E-state index is 9.45. The molecule has 1 aromatic rings. The minimum absolute atomic E-state index is 0.117. The van der Waals surface area contributed by atoms with Crippen molar-refractivity contribution >= 4 is 11.6 Å². The second-order valence-corrected chi connectivity index (χ2v) is 4.43. The Kier molecular flexibility index (Phi) is 3.62. The van der Waals surface area contributed by atoms with Crippen LogP contribution in [0.2, 0.25) is 5.02 Å². The summed E-state index contributed by atoms with van der Waals surface area (Å²) in [5.41, 5.74) is 1.12. The molecule has 0 bridgehead atoms. The number of nitrogens with zero attached hydrogens (tertiary/aromatic N) is 1. The monoisotopic (exact) mass is 225 g/mol. The smallest absolute Gasteiger partial charge is 0.0628 e. The van der Waals surface area contributed by atoms with Crippen LogP contribution in [0.5, 0.6) is 0 Å². The molecule has 15 heavy (non-hydrogen) atoms. The van der Waals surface area contributed by atoms with Gasteiger partial charge in [-0.2, -0.15) is 0 Å². The molecule has 0 amide bonds. The molecule has 1 aliphatic heterocycles. The molecule has 1 atom stereocenters. The van der Waals surface area contributed by atoms with Gasteiger partial charge in [0.15, 0.2) is 0 Å². The van der Waals surface area contributed by atoms with Crippen molar-refractivity contribution < 1.29 is 5.11 Å². The molecule has 0 aromatic heterocycles. The van der Waals surface area contributed by atoms with Gasteiger partial charge in [-0.15, -0.1) is 0 Å². The highest BCUT2D eigenvalue weighted by molar-refractivity contribution is 6.30. The maximum Gasteiger partial charge on any atom is 0.0628 e. The van der Waals surface area contributed by atoms with E-state index in [0.717, 1.165) is 23.7 Å². The van der Waals surface area contributed by atoms with Crippen molar-refractivity contribution in [1.29, 1.82) is 0 Å². The first-order chi connectivity index (χ1) is 7.31. The highest BCUT2D eigenvalue weighted by atomic mass is 35.5. The van der Waals surface area contributed by atoms with Crippen LogP contribution in [0.4, 0.5) is 0 Å². The van der Waals surface area contributed by atoms with Gasteiger partial charge in [0.05, 0.1) is 12.6 Å². The van der Waals surface area contributed by atoms with Crippen molar-refractivity contribution in [3.05, 3.63) is 34.9 Å². The third kappa shape index (κ3) is 2.51. The van der Waals surface area contributed by atoms with Crippen LogP contribution in [-0.4, -0.2) is 29.7 Å². The molecule has 3 heteroatoms. The molecule has 0 aliphatic carbocycles. The number of hydrogen-bond donors (Lipinski definition) is 1. The Labute approximate surface area is 95.5 Å². The fourth-order valence-corrected chi connectivity index (χ4v) is 2.40. The summed E-state index contributed by atoms with van der Waals surface area (Å²) in [6.45, 7) is 2.33. The van der Waals surface area contributed by atoms with Crippen molar-refractivity contribution in [3.8, 4) is 0 Å². The fraction of sp³-hybridized carbons (Fsp3) is 0.500. The summed E-state index contributed by atoms with van der Waals surface area (Å²) in [7, 11) is 0. The lowest BCUT2D eigenvalue weighted by Crippen LogP contribution is -2.28. The first-order valence-electron chi connectivity index (χ1n) is 5.41. The topological polar surface area (TPSA) is 23.5 Å². The van der Waals surface area contributed by atoms with E-state index >= 15 is 0 Å².